The maximum Gasteiger partial charge on any atom is 0.257 e. The first-order chi connectivity index (χ1) is 14.1. The van der Waals surface area contributed by atoms with Crippen LogP contribution < -0.4 is 20.1 Å². The van der Waals surface area contributed by atoms with Crippen molar-refractivity contribution < 1.29 is 19.1 Å². The molecule has 2 aromatic rings. The molecular weight excluding hydrogens is 368 g/mol. The number of rotatable bonds is 9. The Balaban J connectivity index is 1.33. The van der Waals surface area contributed by atoms with Crippen LogP contribution in [-0.2, 0) is 9.59 Å². The molecule has 154 valence electrons. The molecule has 2 N–H and O–H groups in total. The van der Waals surface area contributed by atoms with Crippen molar-refractivity contribution in [1.82, 2.24) is 10.6 Å². The Morgan fingerprint density at radius 1 is 0.897 bits per heavy atom. The third-order valence-corrected chi connectivity index (χ3v) is 4.84. The van der Waals surface area contributed by atoms with Crippen molar-refractivity contribution in [3.8, 4) is 17.2 Å². The molecule has 6 nitrogen and oxygen atoms in total. The highest BCUT2D eigenvalue weighted by atomic mass is 16.5. The van der Waals surface area contributed by atoms with Gasteiger partial charge in [0.25, 0.3) is 5.91 Å². The molecule has 0 unspecified atom stereocenters. The zero-order chi connectivity index (χ0) is 20.5. The lowest BCUT2D eigenvalue weighted by Gasteiger charge is -2.12. The Morgan fingerprint density at radius 2 is 1.48 bits per heavy atom. The molecule has 1 saturated carbocycles. The molecule has 2 aromatic carbocycles. The van der Waals surface area contributed by atoms with Gasteiger partial charge >= 0.3 is 0 Å². The summed E-state index contributed by atoms with van der Waals surface area (Å²) in [4.78, 5) is 23.7. The molecule has 1 fully saturated rings. The summed E-state index contributed by atoms with van der Waals surface area (Å²) in [7, 11) is 0. The lowest BCUT2D eigenvalue weighted by Crippen LogP contribution is -2.36. The van der Waals surface area contributed by atoms with Crippen LogP contribution in [0.1, 0.15) is 37.7 Å². The van der Waals surface area contributed by atoms with E-state index in [-0.39, 0.29) is 24.8 Å². The average Bonchev–Trinajstić information content (AvgIpc) is 3.22. The number of aryl methyl sites for hydroxylation is 1. The third kappa shape index (κ3) is 7.14. The van der Waals surface area contributed by atoms with Crippen molar-refractivity contribution >= 4 is 11.8 Å². The van der Waals surface area contributed by atoms with Crippen molar-refractivity contribution in [3.63, 3.8) is 0 Å². The monoisotopic (exact) mass is 396 g/mol. The van der Waals surface area contributed by atoms with Gasteiger partial charge in [0, 0.05) is 19.0 Å². The minimum Gasteiger partial charge on any atom is -0.484 e. The first-order valence-corrected chi connectivity index (χ1v) is 10.1. The average molecular weight is 396 g/mol. The summed E-state index contributed by atoms with van der Waals surface area (Å²) < 4.78 is 11.2. The number of hydrogen-bond acceptors (Lipinski definition) is 4. The number of benzene rings is 2. The van der Waals surface area contributed by atoms with Gasteiger partial charge in [0.15, 0.2) is 6.61 Å². The van der Waals surface area contributed by atoms with Crippen LogP contribution in [0, 0.1) is 6.92 Å². The van der Waals surface area contributed by atoms with Crippen molar-refractivity contribution in [2.24, 2.45) is 0 Å². The Kier molecular flexibility index (Phi) is 7.50. The van der Waals surface area contributed by atoms with Crippen molar-refractivity contribution in [2.45, 2.75) is 45.1 Å². The van der Waals surface area contributed by atoms with Crippen LogP contribution >= 0.6 is 0 Å². The Bertz CT molecular complexity index is 797. The lowest BCUT2D eigenvalue weighted by atomic mass is 10.2. The van der Waals surface area contributed by atoms with E-state index in [1.165, 1.54) is 18.4 Å². The summed E-state index contributed by atoms with van der Waals surface area (Å²) in [5.41, 5.74) is 1.17. The molecule has 1 aliphatic carbocycles. The van der Waals surface area contributed by atoms with Crippen molar-refractivity contribution in [2.75, 3.05) is 13.2 Å². The van der Waals surface area contributed by atoms with Gasteiger partial charge in [-0.2, -0.15) is 0 Å². The van der Waals surface area contributed by atoms with Crippen LogP contribution in [0.3, 0.4) is 0 Å². The molecule has 0 heterocycles. The number of ether oxygens (including phenoxy) is 2. The quantitative estimate of drug-likeness (QED) is 0.677. The molecule has 3 rings (SSSR count). The summed E-state index contributed by atoms with van der Waals surface area (Å²) in [6, 6.07) is 15.2. The van der Waals surface area contributed by atoms with Crippen molar-refractivity contribution in [1.29, 1.82) is 0 Å². The molecule has 0 bridgehead atoms. The minimum atomic E-state index is -0.251. The van der Waals surface area contributed by atoms with Gasteiger partial charge in [0.2, 0.25) is 5.91 Å². The second kappa shape index (κ2) is 10.5. The minimum absolute atomic E-state index is 0.0118. The highest BCUT2D eigenvalue weighted by molar-refractivity contribution is 5.79. The largest absolute Gasteiger partial charge is 0.484 e. The van der Waals surface area contributed by atoms with Gasteiger partial charge in [-0.1, -0.05) is 30.5 Å². The second-order valence-corrected chi connectivity index (χ2v) is 7.32. The number of carbonyl (C=O) groups excluding carboxylic acids is 2. The maximum absolute atomic E-state index is 11.9. The van der Waals surface area contributed by atoms with Crippen LogP contribution in [0.2, 0.25) is 0 Å². The fraction of sp³-hybridized carbons (Fsp3) is 0.391. The molecule has 0 radical (unpaired) electrons. The Morgan fingerprint density at radius 3 is 2.14 bits per heavy atom. The lowest BCUT2D eigenvalue weighted by molar-refractivity contribution is -0.123. The number of hydrogen-bond donors (Lipinski definition) is 2. The smallest absolute Gasteiger partial charge is 0.257 e. The molecule has 0 atom stereocenters. The topological polar surface area (TPSA) is 76.7 Å². The molecular formula is C23H28N2O4. The summed E-state index contributed by atoms with van der Waals surface area (Å²) in [5, 5.41) is 5.71. The van der Waals surface area contributed by atoms with Gasteiger partial charge in [0.05, 0.1) is 0 Å². The summed E-state index contributed by atoms with van der Waals surface area (Å²) in [6.07, 6.45) is 4.75. The third-order valence-electron chi connectivity index (χ3n) is 4.84. The number of amides is 2. The van der Waals surface area contributed by atoms with E-state index in [9.17, 15) is 9.59 Å². The number of carbonyl (C=O) groups is 2. The van der Waals surface area contributed by atoms with Gasteiger partial charge < -0.3 is 20.1 Å². The first kappa shape index (κ1) is 20.7. The molecule has 0 spiro atoms. The zero-order valence-electron chi connectivity index (χ0n) is 16.8. The fourth-order valence-electron chi connectivity index (χ4n) is 3.23. The van der Waals surface area contributed by atoms with E-state index in [1.54, 1.807) is 24.3 Å². The van der Waals surface area contributed by atoms with Gasteiger partial charge in [-0.05, 0) is 56.2 Å². The van der Waals surface area contributed by atoms with Crippen molar-refractivity contribution in [3.05, 3.63) is 54.1 Å². The second-order valence-electron chi connectivity index (χ2n) is 7.32. The molecule has 29 heavy (non-hydrogen) atoms. The van der Waals surface area contributed by atoms with E-state index >= 15 is 0 Å². The van der Waals surface area contributed by atoms with Gasteiger partial charge in [0.1, 0.15) is 17.2 Å². The molecule has 6 heteroatoms. The first-order valence-electron chi connectivity index (χ1n) is 10.1. The SMILES string of the molecule is Cc1ccc(Oc2ccc(OCC(=O)NCCC(=O)NC3CCCC3)cc2)cc1. The zero-order valence-corrected chi connectivity index (χ0v) is 16.8. The normalized spacial score (nSPS) is 13.7. The highest BCUT2D eigenvalue weighted by Crippen LogP contribution is 2.24. The van der Waals surface area contributed by atoms with Crippen LogP contribution in [0.25, 0.3) is 0 Å². The summed E-state index contributed by atoms with van der Waals surface area (Å²) in [5.74, 6) is 1.77. The van der Waals surface area contributed by atoms with Crippen LogP contribution in [0.5, 0.6) is 17.2 Å². The number of nitrogens with one attached hydrogen (secondary N) is 2. The van der Waals surface area contributed by atoms with E-state index in [0.717, 1.165) is 18.6 Å². The van der Waals surface area contributed by atoms with E-state index in [0.29, 0.717) is 24.1 Å². The summed E-state index contributed by atoms with van der Waals surface area (Å²) in [6.45, 7) is 2.24. The molecule has 1 aliphatic rings. The predicted molar refractivity (Wildman–Crippen MR) is 111 cm³/mol. The van der Waals surface area contributed by atoms with Crippen LogP contribution in [-0.4, -0.2) is 31.0 Å². The Labute approximate surface area is 171 Å². The van der Waals surface area contributed by atoms with E-state index in [2.05, 4.69) is 10.6 Å². The summed E-state index contributed by atoms with van der Waals surface area (Å²) >= 11 is 0. The molecule has 0 saturated heterocycles. The maximum atomic E-state index is 11.9. The standard InChI is InChI=1S/C23H28N2O4/c1-17-6-8-20(9-7-17)29-21-12-10-19(11-13-21)28-16-23(27)24-15-14-22(26)25-18-4-2-3-5-18/h6-13,18H,2-5,14-16H2,1H3,(H,24,27)(H,25,26). The predicted octanol–water partition coefficient (Wildman–Crippen LogP) is 3.73. The van der Waals surface area contributed by atoms with E-state index in [4.69, 9.17) is 9.47 Å². The molecule has 2 amide bonds. The van der Waals surface area contributed by atoms with Gasteiger partial charge in [-0.15, -0.1) is 0 Å². The molecule has 0 aliphatic heterocycles. The van der Waals surface area contributed by atoms with Gasteiger partial charge in [-0.3, -0.25) is 9.59 Å². The van der Waals surface area contributed by atoms with Gasteiger partial charge in [-0.25, -0.2) is 0 Å². The molecule has 0 aromatic heterocycles. The van der Waals surface area contributed by atoms with E-state index in [1.807, 2.05) is 31.2 Å². The fourth-order valence-corrected chi connectivity index (χ4v) is 3.23. The van der Waals surface area contributed by atoms with Crippen LogP contribution in [0.4, 0.5) is 0 Å². The van der Waals surface area contributed by atoms with E-state index < -0.39 is 0 Å². The van der Waals surface area contributed by atoms with Crippen LogP contribution in [0.15, 0.2) is 48.5 Å². The highest BCUT2D eigenvalue weighted by Gasteiger charge is 2.16. The Hall–Kier alpha value is -3.02.